The number of aromatic nitrogens is 1. The van der Waals surface area contributed by atoms with Crippen LogP contribution in [0.4, 0.5) is 0 Å². The number of esters is 1. The Morgan fingerprint density at radius 2 is 1.65 bits per heavy atom. The molecule has 18 atom stereocenters. The maximum atomic E-state index is 14.6. The number of rotatable bonds is 16. The van der Waals surface area contributed by atoms with Crippen molar-refractivity contribution in [3.05, 3.63) is 58.1 Å². The third-order valence-electron chi connectivity index (χ3n) is 16.1. The molecule has 1 aromatic heterocycles. The van der Waals surface area contributed by atoms with Gasteiger partial charge in [0.25, 0.3) is 0 Å². The van der Waals surface area contributed by atoms with Crippen molar-refractivity contribution in [2.45, 2.75) is 212 Å². The topological polar surface area (TPSA) is 238 Å². The van der Waals surface area contributed by atoms with Crippen molar-refractivity contribution >= 4 is 22.8 Å². The van der Waals surface area contributed by atoms with Crippen molar-refractivity contribution in [1.82, 2.24) is 14.4 Å². The van der Waals surface area contributed by atoms with Gasteiger partial charge in [-0.15, -0.1) is 0 Å². The van der Waals surface area contributed by atoms with E-state index in [0.717, 1.165) is 5.56 Å². The van der Waals surface area contributed by atoms with Gasteiger partial charge in [-0.05, 0) is 139 Å². The van der Waals surface area contributed by atoms with Gasteiger partial charge in [0.2, 0.25) is 5.43 Å². The van der Waals surface area contributed by atoms with Crippen LogP contribution in [0.2, 0.25) is 0 Å². The minimum absolute atomic E-state index is 0.0560. The number of pyridine rings is 1. The average molecular weight is 1060 g/mol. The molecule has 426 valence electrons. The minimum atomic E-state index is -1.84. The summed E-state index contributed by atoms with van der Waals surface area (Å²) in [7, 11) is 7.18. The van der Waals surface area contributed by atoms with Crippen molar-refractivity contribution in [3.63, 3.8) is 0 Å². The van der Waals surface area contributed by atoms with Crippen LogP contribution >= 0.6 is 0 Å². The number of aliphatic hydroxyl groups is 4. The van der Waals surface area contributed by atoms with E-state index in [1.807, 2.05) is 91.5 Å². The second-order valence-electron chi connectivity index (χ2n) is 23.0. The van der Waals surface area contributed by atoms with Gasteiger partial charge < -0.3 is 77.8 Å². The highest BCUT2D eigenvalue weighted by Crippen LogP contribution is 2.41. The van der Waals surface area contributed by atoms with E-state index in [9.17, 15) is 39.9 Å². The van der Waals surface area contributed by atoms with E-state index in [-0.39, 0.29) is 62.1 Å². The molecule has 5 rings (SSSR count). The minimum Gasteiger partial charge on any atom is -0.499 e. The molecule has 3 fully saturated rings. The van der Waals surface area contributed by atoms with Crippen LogP contribution in [0.15, 0.2) is 41.5 Å². The van der Waals surface area contributed by atoms with E-state index in [1.54, 1.807) is 57.8 Å². The average Bonchev–Trinajstić information content (AvgIpc) is 3.33. The van der Waals surface area contributed by atoms with E-state index in [0.29, 0.717) is 30.3 Å². The molecule has 3 aliphatic rings. The third-order valence-corrected chi connectivity index (χ3v) is 16.1. The summed E-state index contributed by atoms with van der Waals surface area (Å²) >= 11 is 0. The molecule has 2 aromatic rings. The maximum Gasteiger partial charge on any atom is 0.341 e. The van der Waals surface area contributed by atoms with Crippen molar-refractivity contribution < 1.29 is 73.0 Å². The summed E-state index contributed by atoms with van der Waals surface area (Å²) in [6.07, 6.45) is -3.02. The Kier molecular flexibility index (Phi) is 21.5. The molecule has 0 bridgehead atoms. The molecule has 0 spiro atoms. The molecule has 75 heavy (non-hydrogen) atoms. The van der Waals surface area contributed by atoms with Gasteiger partial charge >= 0.3 is 11.9 Å². The lowest BCUT2D eigenvalue weighted by Crippen LogP contribution is -2.61. The normalized spacial score (nSPS) is 38.2. The SMILES string of the molecule is CC[C@H]1OC(=O)[C@H](C)[C@@H](O[C@H]2C[C@@](C)(OC)[C@@H](OCCO/C=C/Cc3ccc4c(c3)c(=O)c(C(=O)O)cn4C(C)C)[C@H](C)O2)[C@H](C)[C@@H](O[C@@H]2O[C@H](C)C[C@H](N(C)C)[C@H]2O)[C@](C)(O)C[C@@H](C)CN(C)[C@H](C)[C@@H](O)[C@]1(C)O. The molecule has 0 radical (unpaired) electrons. The monoisotopic (exact) mass is 1060 g/mol. The molecular weight excluding hydrogens is 971 g/mol. The lowest BCUT2D eigenvalue weighted by molar-refractivity contribution is -0.321. The Hall–Kier alpha value is -3.57. The quantitative estimate of drug-likeness (QED) is 0.0816. The molecule has 3 aliphatic heterocycles. The van der Waals surface area contributed by atoms with Gasteiger partial charge in [0.1, 0.15) is 42.2 Å². The van der Waals surface area contributed by atoms with Gasteiger partial charge in [0, 0.05) is 55.7 Å². The number of cyclic esters (lactones) is 1. The van der Waals surface area contributed by atoms with Gasteiger partial charge in [-0.2, -0.15) is 0 Å². The number of fused-ring (bicyclic) bond motifs is 1. The van der Waals surface area contributed by atoms with Crippen molar-refractivity contribution in [1.29, 1.82) is 0 Å². The highest BCUT2D eigenvalue weighted by Gasteiger charge is 2.53. The lowest BCUT2D eigenvalue weighted by Gasteiger charge is -2.49. The van der Waals surface area contributed by atoms with E-state index >= 15 is 0 Å². The Morgan fingerprint density at radius 1 is 0.973 bits per heavy atom. The van der Waals surface area contributed by atoms with E-state index in [1.165, 1.54) is 13.1 Å². The summed E-state index contributed by atoms with van der Waals surface area (Å²) in [6.45, 7) is 22.5. The number of likely N-dealkylation sites (N-methyl/N-ethyl adjacent to an activating group) is 2. The zero-order valence-corrected chi connectivity index (χ0v) is 47.4. The van der Waals surface area contributed by atoms with Crippen LogP contribution in [0.25, 0.3) is 10.9 Å². The van der Waals surface area contributed by atoms with Gasteiger partial charge in [-0.1, -0.05) is 26.8 Å². The van der Waals surface area contributed by atoms with Crippen LogP contribution in [0.1, 0.15) is 131 Å². The fourth-order valence-electron chi connectivity index (χ4n) is 11.7. The molecule has 4 heterocycles. The number of carbonyl (C=O) groups is 2. The van der Waals surface area contributed by atoms with Crippen LogP contribution in [-0.4, -0.2) is 190 Å². The zero-order valence-electron chi connectivity index (χ0n) is 47.4. The van der Waals surface area contributed by atoms with Gasteiger partial charge in [0.05, 0.1) is 59.9 Å². The first kappa shape index (κ1) is 62.3. The predicted octanol–water partition coefficient (Wildman–Crippen LogP) is 5.29. The molecule has 0 saturated carbocycles. The molecule has 0 aliphatic carbocycles. The predicted molar refractivity (Wildman–Crippen MR) is 282 cm³/mol. The molecule has 0 amide bonds. The number of aliphatic hydroxyl groups excluding tert-OH is 2. The third kappa shape index (κ3) is 14.6. The second-order valence-corrected chi connectivity index (χ2v) is 23.0. The lowest BCUT2D eigenvalue weighted by atomic mass is 9.77. The summed E-state index contributed by atoms with van der Waals surface area (Å²) in [5.74, 6) is -4.02. The molecule has 3 saturated heterocycles. The molecular formula is C56H91N3O16. The van der Waals surface area contributed by atoms with Crippen LogP contribution < -0.4 is 5.43 Å². The largest absolute Gasteiger partial charge is 0.499 e. The first-order valence-corrected chi connectivity index (χ1v) is 26.8. The molecule has 5 N–H and O–H groups in total. The number of nitrogens with zero attached hydrogens (tertiary/aromatic N) is 3. The first-order valence-electron chi connectivity index (χ1n) is 26.8. The molecule has 0 unspecified atom stereocenters. The Bertz CT molecular complexity index is 2290. The number of hydrogen-bond acceptors (Lipinski definition) is 17. The number of ether oxygens (including phenoxy) is 8. The van der Waals surface area contributed by atoms with Crippen LogP contribution in [0.5, 0.6) is 0 Å². The summed E-state index contributed by atoms with van der Waals surface area (Å²) in [5.41, 5.74) is -3.78. The van der Waals surface area contributed by atoms with Crippen molar-refractivity contribution in [2.24, 2.45) is 17.8 Å². The summed E-state index contributed by atoms with van der Waals surface area (Å²) < 4.78 is 53.0. The van der Waals surface area contributed by atoms with Crippen molar-refractivity contribution in [2.75, 3.05) is 48.0 Å². The standard InChI is InChI=1S/C56H91N3O16/c1-17-43-56(12,67)48(62)36(8)58(15)29-32(4)27-54(10,66)49(75-53-46(61)42(57(13)14)25-33(5)71-53)34(6)47(35(7)52(65)73-43)74-44-28-55(11,68-16)50(37(9)72-44)70-24-23-69-22-18-19-38-20-21-41-39(26-38)45(60)40(51(63)64)30-59(41)31(2)3/h18,20-22,26,30-37,42-44,46-50,53,61-62,66-67H,17,19,23-25,27-29H2,1-16H3,(H,63,64)/b22-18+/t32-,33-,34+,35-,36-,37+,42+,43-,44+,46-,47+,48-,49-,50+,53+,54-,55-,56-/m1/s1. The summed E-state index contributed by atoms with van der Waals surface area (Å²) in [5, 5.41) is 58.1. The van der Waals surface area contributed by atoms with Gasteiger partial charge in [-0.25, -0.2) is 4.79 Å². The zero-order chi connectivity index (χ0) is 56.1. The highest BCUT2D eigenvalue weighted by molar-refractivity contribution is 5.92. The highest BCUT2D eigenvalue weighted by atomic mass is 16.7. The Labute approximate surface area is 444 Å². The summed E-state index contributed by atoms with van der Waals surface area (Å²) in [4.78, 5) is 43.3. The van der Waals surface area contributed by atoms with Crippen molar-refractivity contribution in [3.8, 4) is 0 Å². The number of carboxylic acids is 1. The first-order chi connectivity index (χ1) is 35.0. The number of allylic oxidation sites excluding steroid dienone is 1. The second kappa shape index (κ2) is 25.9. The van der Waals surface area contributed by atoms with Gasteiger partial charge in [0.15, 0.2) is 12.6 Å². The number of aromatic carboxylic acids is 1. The number of hydrogen-bond donors (Lipinski definition) is 5. The van der Waals surface area contributed by atoms with E-state index in [4.69, 9.17) is 37.9 Å². The van der Waals surface area contributed by atoms with E-state index in [2.05, 4.69) is 0 Å². The smallest absolute Gasteiger partial charge is 0.341 e. The Morgan fingerprint density at radius 3 is 2.27 bits per heavy atom. The number of methoxy groups -OCH3 is 1. The number of benzene rings is 1. The molecule has 19 heteroatoms. The van der Waals surface area contributed by atoms with Crippen LogP contribution in [0, 0.1) is 17.8 Å². The fraction of sp³-hybridized carbons (Fsp3) is 0.768. The molecule has 1 aromatic carbocycles. The van der Waals surface area contributed by atoms with Crippen LogP contribution in [0.3, 0.4) is 0 Å². The Balaban J connectivity index is 1.37. The van der Waals surface area contributed by atoms with Gasteiger partial charge in [-0.3, -0.25) is 9.59 Å². The number of carbonyl (C=O) groups excluding carboxylic acids is 1. The molecule has 19 nitrogen and oxygen atoms in total. The van der Waals surface area contributed by atoms with Crippen LogP contribution in [-0.2, 0) is 49.1 Å². The number of carboxylic acid groups (broad SMARTS) is 1. The summed E-state index contributed by atoms with van der Waals surface area (Å²) in [6, 6.07) is 4.50. The maximum absolute atomic E-state index is 14.6. The van der Waals surface area contributed by atoms with E-state index < -0.39 is 107 Å². The fourth-order valence-corrected chi connectivity index (χ4v) is 11.7.